The van der Waals surface area contributed by atoms with E-state index < -0.39 is 12.0 Å². The Balaban J connectivity index is 1.33. The summed E-state index contributed by atoms with van der Waals surface area (Å²) in [5, 5.41) is 13.1. The van der Waals surface area contributed by atoms with Crippen LogP contribution in [0.4, 0.5) is 10.5 Å². The number of benzene rings is 3. The van der Waals surface area contributed by atoms with Crippen molar-refractivity contribution < 1.29 is 19.4 Å². The van der Waals surface area contributed by atoms with Crippen LogP contribution in [0.25, 0.3) is 0 Å². The van der Waals surface area contributed by atoms with Gasteiger partial charge in [-0.25, -0.2) is 4.79 Å². The molecular formula is C31H31N3O4. The van der Waals surface area contributed by atoms with E-state index in [1.165, 1.54) is 0 Å². The molecule has 194 valence electrons. The molecule has 2 amide bonds. The molecule has 0 aromatic heterocycles. The molecule has 2 aliphatic heterocycles. The Morgan fingerprint density at radius 3 is 2.21 bits per heavy atom. The van der Waals surface area contributed by atoms with Crippen molar-refractivity contribution in [3.8, 4) is 17.6 Å². The molecule has 0 unspecified atom stereocenters. The number of hydrogen-bond donors (Lipinski definition) is 2. The van der Waals surface area contributed by atoms with E-state index in [1.807, 2.05) is 76.5 Å². The highest BCUT2D eigenvalue weighted by Crippen LogP contribution is 2.42. The summed E-state index contributed by atoms with van der Waals surface area (Å²) in [5.74, 6) is 6.02. The topological polar surface area (TPSA) is 82.1 Å². The molecule has 5 rings (SSSR count). The molecule has 7 nitrogen and oxygen atoms in total. The number of amides is 2. The average molecular weight is 510 g/mol. The normalized spacial score (nSPS) is 21.0. The van der Waals surface area contributed by atoms with E-state index in [2.05, 4.69) is 17.2 Å². The first kappa shape index (κ1) is 25.4. The predicted octanol–water partition coefficient (Wildman–Crippen LogP) is 4.64. The molecule has 0 radical (unpaired) electrons. The Kier molecular flexibility index (Phi) is 7.62. The quantitative estimate of drug-likeness (QED) is 0.501. The second kappa shape index (κ2) is 11.4. The average Bonchev–Trinajstić information content (AvgIpc) is 2.92. The van der Waals surface area contributed by atoms with Crippen molar-refractivity contribution in [2.75, 3.05) is 32.1 Å². The third kappa shape index (κ3) is 5.51. The number of fused-ring (bicyclic) bond motifs is 1. The lowest BCUT2D eigenvalue weighted by Gasteiger charge is -2.55. The van der Waals surface area contributed by atoms with Crippen LogP contribution in [-0.2, 0) is 4.79 Å². The van der Waals surface area contributed by atoms with Gasteiger partial charge in [0.25, 0.3) is 0 Å². The van der Waals surface area contributed by atoms with Crippen LogP contribution in [0, 0.1) is 11.8 Å². The van der Waals surface area contributed by atoms with Gasteiger partial charge in [0.05, 0.1) is 7.11 Å². The molecule has 2 aliphatic rings. The summed E-state index contributed by atoms with van der Waals surface area (Å²) in [4.78, 5) is 29.3. The molecule has 0 aliphatic carbocycles. The van der Waals surface area contributed by atoms with Crippen LogP contribution in [0.15, 0.2) is 78.9 Å². The number of anilines is 1. The Labute approximate surface area is 223 Å². The summed E-state index contributed by atoms with van der Waals surface area (Å²) in [6.45, 7) is 1.81. The van der Waals surface area contributed by atoms with E-state index in [1.54, 1.807) is 19.2 Å². The van der Waals surface area contributed by atoms with Crippen LogP contribution in [0.5, 0.6) is 5.75 Å². The number of nitrogens with zero attached hydrogens (tertiary/aromatic N) is 2. The maximum Gasteiger partial charge on any atom is 0.321 e. The van der Waals surface area contributed by atoms with Gasteiger partial charge in [0, 0.05) is 41.9 Å². The van der Waals surface area contributed by atoms with E-state index in [9.17, 15) is 14.7 Å². The molecule has 38 heavy (non-hydrogen) atoms. The van der Waals surface area contributed by atoms with E-state index in [-0.39, 0.29) is 18.0 Å². The first-order valence-corrected chi connectivity index (χ1v) is 12.9. The first-order valence-electron chi connectivity index (χ1n) is 12.9. The SMILES string of the molecule is COc1ccc(NC(=O)N2CCCCN3[C@H](C(=O)O)[C@H](c4ccc(C#Cc5ccccc5)cc4)[C@@H]3C2)cc1. The van der Waals surface area contributed by atoms with Crippen molar-refractivity contribution in [1.82, 2.24) is 9.80 Å². The van der Waals surface area contributed by atoms with Gasteiger partial charge >= 0.3 is 12.0 Å². The largest absolute Gasteiger partial charge is 0.497 e. The minimum absolute atomic E-state index is 0.0701. The molecule has 0 saturated carbocycles. The number of carboxylic acid groups (broad SMARTS) is 1. The number of ether oxygens (including phenoxy) is 1. The van der Waals surface area contributed by atoms with Crippen LogP contribution in [-0.4, -0.2) is 65.7 Å². The van der Waals surface area contributed by atoms with E-state index >= 15 is 0 Å². The Morgan fingerprint density at radius 1 is 0.895 bits per heavy atom. The van der Waals surface area contributed by atoms with Crippen LogP contribution in [0.3, 0.4) is 0 Å². The maximum absolute atomic E-state index is 13.2. The third-order valence-electron chi connectivity index (χ3n) is 7.34. The monoisotopic (exact) mass is 509 g/mol. The van der Waals surface area contributed by atoms with E-state index in [4.69, 9.17) is 4.74 Å². The van der Waals surface area contributed by atoms with E-state index in [0.717, 1.165) is 35.3 Å². The minimum Gasteiger partial charge on any atom is -0.497 e. The van der Waals surface area contributed by atoms with Crippen molar-refractivity contribution in [2.24, 2.45) is 0 Å². The predicted molar refractivity (Wildman–Crippen MR) is 146 cm³/mol. The van der Waals surface area contributed by atoms with Gasteiger partial charge in [-0.15, -0.1) is 0 Å². The van der Waals surface area contributed by atoms with Gasteiger partial charge in [-0.1, -0.05) is 42.2 Å². The highest BCUT2D eigenvalue weighted by molar-refractivity contribution is 5.89. The highest BCUT2D eigenvalue weighted by Gasteiger charge is 2.53. The molecule has 3 aromatic carbocycles. The van der Waals surface area contributed by atoms with Crippen LogP contribution >= 0.6 is 0 Å². The van der Waals surface area contributed by atoms with Gasteiger partial charge in [-0.3, -0.25) is 9.69 Å². The molecule has 2 N–H and O–H groups in total. The van der Waals surface area contributed by atoms with Crippen LogP contribution in [0.2, 0.25) is 0 Å². The van der Waals surface area contributed by atoms with Crippen LogP contribution in [0.1, 0.15) is 35.4 Å². The molecule has 7 heteroatoms. The number of carbonyl (C=O) groups is 2. The van der Waals surface area contributed by atoms with Crippen molar-refractivity contribution in [3.05, 3.63) is 95.6 Å². The van der Waals surface area contributed by atoms with Crippen molar-refractivity contribution in [3.63, 3.8) is 0 Å². The second-order valence-electron chi connectivity index (χ2n) is 9.66. The fraction of sp³-hybridized carbons (Fsp3) is 0.290. The van der Waals surface area contributed by atoms with Gasteiger partial charge in [0.1, 0.15) is 11.8 Å². The molecule has 2 fully saturated rings. The molecular weight excluding hydrogens is 478 g/mol. The molecule has 0 bridgehead atoms. The third-order valence-corrected chi connectivity index (χ3v) is 7.34. The fourth-order valence-corrected chi connectivity index (χ4v) is 5.38. The highest BCUT2D eigenvalue weighted by atomic mass is 16.5. The lowest BCUT2D eigenvalue weighted by Crippen LogP contribution is -2.69. The number of rotatable bonds is 4. The van der Waals surface area contributed by atoms with Gasteiger partial charge < -0.3 is 20.1 Å². The van der Waals surface area contributed by atoms with Crippen LogP contribution < -0.4 is 10.1 Å². The van der Waals surface area contributed by atoms with Crippen molar-refractivity contribution in [1.29, 1.82) is 0 Å². The lowest BCUT2D eigenvalue weighted by molar-refractivity contribution is -0.156. The van der Waals surface area contributed by atoms with Gasteiger partial charge in [-0.05, 0) is 73.5 Å². The zero-order valence-electron chi connectivity index (χ0n) is 21.3. The van der Waals surface area contributed by atoms with Gasteiger partial charge in [0.2, 0.25) is 0 Å². The Morgan fingerprint density at radius 2 is 1.55 bits per heavy atom. The first-order chi connectivity index (χ1) is 18.5. The molecule has 3 atom stereocenters. The fourth-order valence-electron chi connectivity index (χ4n) is 5.38. The number of methoxy groups -OCH3 is 1. The second-order valence-corrected chi connectivity index (χ2v) is 9.66. The summed E-state index contributed by atoms with van der Waals surface area (Å²) in [6.07, 6.45) is 1.67. The molecule has 2 saturated heterocycles. The summed E-state index contributed by atoms with van der Waals surface area (Å²) >= 11 is 0. The van der Waals surface area contributed by atoms with Gasteiger partial charge in [-0.2, -0.15) is 0 Å². The standard InChI is InChI=1S/C31H31N3O4/c1-38-26-17-15-25(16-18-26)32-31(37)33-19-5-6-20-34-27(21-33)28(29(34)30(35)36)24-13-11-23(12-14-24)10-9-22-7-3-2-4-8-22/h2-4,7-8,11-18,27-29H,5-6,19-21H2,1H3,(H,32,37)(H,35,36)/t27-,28+,29-/m0/s1. The summed E-state index contributed by atoms with van der Waals surface area (Å²) in [7, 11) is 1.60. The molecule has 2 heterocycles. The van der Waals surface area contributed by atoms with Crippen molar-refractivity contribution in [2.45, 2.75) is 30.8 Å². The number of urea groups is 1. The Hall–Kier alpha value is -4.28. The number of carboxylic acids is 1. The number of carbonyl (C=O) groups excluding carboxylic acids is 1. The molecule has 3 aromatic rings. The number of aliphatic carboxylic acids is 1. The molecule has 0 spiro atoms. The summed E-state index contributed by atoms with van der Waals surface area (Å²) < 4.78 is 5.19. The zero-order valence-corrected chi connectivity index (χ0v) is 21.3. The van der Waals surface area contributed by atoms with Gasteiger partial charge in [0.15, 0.2) is 0 Å². The maximum atomic E-state index is 13.2. The zero-order chi connectivity index (χ0) is 26.5. The lowest BCUT2D eigenvalue weighted by atomic mass is 9.74. The van der Waals surface area contributed by atoms with Crippen molar-refractivity contribution >= 4 is 17.7 Å². The smallest absolute Gasteiger partial charge is 0.321 e. The summed E-state index contributed by atoms with van der Waals surface area (Å²) in [6, 6.07) is 24.0. The summed E-state index contributed by atoms with van der Waals surface area (Å²) in [5.41, 5.74) is 3.47. The van der Waals surface area contributed by atoms with E-state index in [0.29, 0.717) is 25.3 Å². The number of nitrogens with one attached hydrogen (secondary N) is 1. The Bertz CT molecular complexity index is 1330. The minimum atomic E-state index is -0.825. The number of hydrogen-bond acceptors (Lipinski definition) is 4.